The van der Waals surface area contributed by atoms with Gasteiger partial charge in [0.2, 0.25) is 0 Å². The number of rotatable bonds is 3. The minimum absolute atomic E-state index is 0.0163. The van der Waals surface area contributed by atoms with Gasteiger partial charge in [0, 0.05) is 0 Å². The molecule has 1 aromatic carbocycles. The predicted molar refractivity (Wildman–Crippen MR) is 52.0 cm³/mol. The van der Waals surface area contributed by atoms with Crippen LogP contribution < -0.4 is 5.32 Å². The van der Waals surface area contributed by atoms with Gasteiger partial charge in [-0.3, -0.25) is 0 Å². The third-order valence-electron chi connectivity index (χ3n) is 1.90. The van der Waals surface area contributed by atoms with E-state index in [0.29, 0.717) is 5.02 Å². The van der Waals surface area contributed by atoms with Gasteiger partial charge in [-0.2, -0.15) is 0 Å². The molecule has 0 saturated heterocycles. The van der Waals surface area contributed by atoms with E-state index < -0.39 is 0 Å². The second-order valence-corrected chi connectivity index (χ2v) is 3.14. The number of halogens is 1. The first-order valence-corrected chi connectivity index (χ1v) is 4.33. The van der Waals surface area contributed by atoms with Crippen LogP contribution in [0.4, 0.5) is 0 Å². The average Bonchev–Trinajstić information content (AvgIpc) is 2.13. The molecule has 0 unspecified atom stereocenters. The van der Waals surface area contributed by atoms with Crippen LogP contribution in [0.25, 0.3) is 0 Å². The summed E-state index contributed by atoms with van der Waals surface area (Å²) in [5.41, 5.74) is 0.812. The number of hydrogen-bond donors (Lipinski definition) is 3. The van der Waals surface area contributed by atoms with Crippen LogP contribution in [0, 0.1) is 0 Å². The summed E-state index contributed by atoms with van der Waals surface area (Å²) >= 11 is 5.64. The Morgan fingerprint density at radius 2 is 2.23 bits per heavy atom. The molecular weight excluding hydrogens is 190 g/mol. The minimum Gasteiger partial charge on any atom is -0.506 e. The minimum atomic E-state index is -0.164. The van der Waals surface area contributed by atoms with Gasteiger partial charge in [0.1, 0.15) is 5.75 Å². The summed E-state index contributed by atoms with van der Waals surface area (Å²) in [5.74, 6) is 0.0351. The molecule has 13 heavy (non-hydrogen) atoms. The number of phenolic OH excluding ortho intramolecular Hbond substituents is 1. The lowest BCUT2D eigenvalue weighted by Crippen LogP contribution is -2.19. The lowest BCUT2D eigenvalue weighted by Gasteiger charge is -2.13. The summed E-state index contributed by atoms with van der Waals surface area (Å²) < 4.78 is 0. The number of aromatic hydroxyl groups is 1. The van der Waals surface area contributed by atoms with Gasteiger partial charge >= 0.3 is 0 Å². The summed E-state index contributed by atoms with van der Waals surface area (Å²) in [6.07, 6.45) is 0. The Balaban J connectivity index is 2.95. The Morgan fingerprint density at radius 3 is 2.69 bits per heavy atom. The fourth-order valence-corrected chi connectivity index (χ4v) is 1.23. The monoisotopic (exact) mass is 201 g/mol. The van der Waals surface area contributed by atoms with Crippen molar-refractivity contribution in [3.8, 4) is 5.75 Å². The van der Waals surface area contributed by atoms with Crippen LogP contribution >= 0.6 is 11.6 Å². The maximum absolute atomic E-state index is 9.30. The molecule has 0 saturated carbocycles. The maximum Gasteiger partial charge on any atom is 0.134 e. The number of aliphatic hydroxyl groups excluding tert-OH is 1. The van der Waals surface area contributed by atoms with Crippen LogP contribution in [0.15, 0.2) is 18.2 Å². The summed E-state index contributed by atoms with van der Waals surface area (Å²) in [6, 6.07) is 4.74. The van der Waals surface area contributed by atoms with E-state index in [4.69, 9.17) is 16.7 Å². The third-order valence-corrected chi connectivity index (χ3v) is 2.22. The molecule has 3 N–H and O–H groups in total. The highest BCUT2D eigenvalue weighted by molar-refractivity contribution is 6.32. The maximum atomic E-state index is 9.30. The second kappa shape index (κ2) is 4.46. The molecule has 0 aliphatic heterocycles. The molecule has 0 heterocycles. The summed E-state index contributed by atoms with van der Waals surface area (Å²) in [5, 5.41) is 21.5. The highest BCUT2D eigenvalue weighted by Gasteiger charge is 2.09. The Hall–Kier alpha value is -0.770. The quantitative estimate of drug-likeness (QED) is 0.691. The second-order valence-electron chi connectivity index (χ2n) is 2.73. The topological polar surface area (TPSA) is 52.5 Å². The molecule has 72 valence electrons. The molecule has 3 nitrogen and oxygen atoms in total. The molecule has 0 fully saturated rings. The first kappa shape index (κ1) is 10.3. The van der Waals surface area contributed by atoms with Crippen molar-refractivity contribution >= 4 is 11.6 Å². The van der Waals surface area contributed by atoms with Gasteiger partial charge in [0.25, 0.3) is 0 Å². The predicted octanol–water partition coefficient (Wildman–Crippen LogP) is 1.30. The number of aliphatic hydroxyl groups is 1. The zero-order valence-electron chi connectivity index (χ0n) is 7.29. The Morgan fingerprint density at radius 1 is 1.54 bits per heavy atom. The van der Waals surface area contributed by atoms with Gasteiger partial charge in [0.15, 0.2) is 0 Å². The fraction of sp³-hybridized carbons (Fsp3) is 0.333. The van der Waals surface area contributed by atoms with Crippen LogP contribution in [-0.4, -0.2) is 23.9 Å². The van der Waals surface area contributed by atoms with Gasteiger partial charge in [-0.15, -0.1) is 0 Å². The lowest BCUT2D eigenvalue weighted by atomic mass is 10.1. The standard InChI is InChI=1S/C9H12ClNO2/c1-11-8(5-12)6-2-3-7(10)9(13)4-6/h2-4,8,11-13H,5H2,1H3/t8-/m1/s1. The van der Waals surface area contributed by atoms with Gasteiger partial charge < -0.3 is 15.5 Å². The zero-order valence-corrected chi connectivity index (χ0v) is 8.04. The molecule has 0 aromatic heterocycles. The van der Waals surface area contributed by atoms with Crippen LogP contribution in [0.1, 0.15) is 11.6 Å². The zero-order chi connectivity index (χ0) is 9.84. The van der Waals surface area contributed by atoms with Crippen LogP contribution in [0.2, 0.25) is 5.02 Å². The van der Waals surface area contributed by atoms with E-state index in [9.17, 15) is 5.11 Å². The van der Waals surface area contributed by atoms with Crippen LogP contribution in [0.5, 0.6) is 5.75 Å². The number of likely N-dealkylation sites (N-methyl/N-ethyl adjacent to an activating group) is 1. The van der Waals surface area contributed by atoms with Gasteiger partial charge in [0.05, 0.1) is 17.7 Å². The van der Waals surface area contributed by atoms with Crippen molar-refractivity contribution in [2.24, 2.45) is 0 Å². The van der Waals surface area contributed by atoms with Crippen molar-refractivity contribution in [3.63, 3.8) is 0 Å². The number of phenols is 1. The summed E-state index contributed by atoms with van der Waals surface area (Å²) in [4.78, 5) is 0. The smallest absolute Gasteiger partial charge is 0.134 e. The average molecular weight is 202 g/mol. The van der Waals surface area contributed by atoms with Crippen molar-refractivity contribution in [1.82, 2.24) is 5.32 Å². The highest BCUT2D eigenvalue weighted by Crippen LogP contribution is 2.26. The summed E-state index contributed by atoms with van der Waals surface area (Å²) in [6.45, 7) is -0.0163. The molecule has 0 amide bonds. The SMILES string of the molecule is CN[C@H](CO)c1ccc(Cl)c(O)c1. The van der Waals surface area contributed by atoms with Crippen LogP contribution in [-0.2, 0) is 0 Å². The number of benzene rings is 1. The first-order chi connectivity index (χ1) is 6.19. The van der Waals surface area contributed by atoms with E-state index in [1.165, 1.54) is 0 Å². The van der Waals surface area contributed by atoms with Crippen molar-refractivity contribution in [3.05, 3.63) is 28.8 Å². The lowest BCUT2D eigenvalue weighted by molar-refractivity contribution is 0.251. The Labute approximate surface area is 82.0 Å². The van der Waals surface area contributed by atoms with E-state index >= 15 is 0 Å². The molecule has 4 heteroatoms. The highest BCUT2D eigenvalue weighted by atomic mass is 35.5. The molecule has 0 aliphatic carbocycles. The molecule has 0 bridgehead atoms. The van der Waals surface area contributed by atoms with Crippen molar-refractivity contribution in [2.45, 2.75) is 6.04 Å². The van der Waals surface area contributed by atoms with E-state index in [1.54, 1.807) is 25.2 Å². The van der Waals surface area contributed by atoms with Crippen molar-refractivity contribution in [2.75, 3.05) is 13.7 Å². The Kier molecular flexibility index (Phi) is 3.54. The molecule has 0 radical (unpaired) electrons. The largest absolute Gasteiger partial charge is 0.506 e. The Bertz CT molecular complexity index is 287. The van der Waals surface area contributed by atoms with Crippen molar-refractivity contribution in [1.29, 1.82) is 0 Å². The first-order valence-electron chi connectivity index (χ1n) is 3.95. The van der Waals surface area contributed by atoms with Gasteiger partial charge in [-0.05, 0) is 24.7 Å². The molecule has 0 aliphatic rings. The number of nitrogens with one attached hydrogen (secondary N) is 1. The normalized spacial score (nSPS) is 12.8. The van der Waals surface area contributed by atoms with E-state index in [0.717, 1.165) is 5.56 Å². The molecule has 1 rings (SSSR count). The van der Waals surface area contributed by atoms with E-state index in [-0.39, 0.29) is 18.4 Å². The van der Waals surface area contributed by atoms with E-state index in [1.807, 2.05) is 0 Å². The number of hydrogen-bond acceptors (Lipinski definition) is 3. The molecule has 1 atom stereocenters. The van der Waals surface area contributed by atoms with Gasteiger partial charge in [-0.25, -0.2) is 0 Å². The van der Waals surface area contributed by atoms with Crippen LogP contribution in [0.3, 0.4) is 0 Å². The van der Waals surface area contributed by atoms with Crippen molar-refractivity contribution < 1.29 is 10.2 Å². The van der Waals surface area contributed by atoms with Gasteiger partial charge in [-0.1, -0.05) is 17.7 Å². The molecular formula is C9H12ClNO2. The summed E-state index contributed by atoms with van der Waals surface area (Å²) in [7, 11) is 1.74. The van der Waals surface area contributed by atoms with E-state index in [2.05, 4.69) is 5.32 Å². The molecule has 1 aromatic rings. The molecule has 0 spiro atoms. The third kappa shape index (κ3) is 2.34. The fourth-order valence-electron chi connectivity index (χ4n) is 1.11.